The number of aromatic amines is 2. The lowest BCUT2D eigenvalue weighted by atomic mass is 9.97. The zero-order valence-corrected chi connectivity index (χ0v) is 14.7. The van der Waals surface area contributed by atoms with E-state index >= 15 is 0 Å². The fourth-order valence-electron chi connectivity index (χ4n) is 3.10. The molecule has 0 bridgehead atoms. The molecule has 0 aliphatic carbocycles. The smallest absolute Gasteiger partial charge is 0.325 e. The Morgan fingerprint density at radius 2 is 2.07 bits per heavy atom. The second-order valence-electron chi connectivity index (χ2n) is 6.33. The normalized spacial score (nSPS) is 16.7. The number of nitrogens with one attached hydrogen (secondary N) is 3. The Labute approximate surface area is 157 Å². The highest BCUT2D eigenvalue weighted by Crippen LogP contribution is 2.23. The minimum Gasteiger partial charge on any atom is -0.356 e. The number of carbonyl (C=O) groups is 1. The molecule has 3 N–H and O–H groups in total. The second-order valence-corrected chi connectivity index (χ2v) is 6.33. The number of hydrogen-bond acceptors (Lipinski definition) is 8. The van der Waals surface area contributed by atoms with Crippen LogP contribution in [0.2, 0.25) is 0 Å². The van der Waals surface area contributed by atoms with Crippen LogP contribution in [0.15, 0.2) is 40.8 Å². The number of rotatable bonds is 4. The third-order valence-electron chi connectivity index (χ3n) is 4.49. The van der Waals surface area contributed by atoms with Gasteiger partial charge in [-0.15, -0.1) is 0 Å². The summed E-state index contributed by atoms with van der Waals surface area (Å²) in [5.74, 6) is 0.645. The highest BCUT2D eigenvalue weighted by molar-refractivity contribution is 5.92. The SMILES string of the molecule is O=C(Nc1c[nH]c(=O)[nH]c1=O)[C@H]1CCCN(c2cc(-n3cncn3)ncn2)C1. The van der Waals surface area contributed by atoms with Crippen molar-refractivity contribution in [2.45, 2.75) is 12.8 Å². The van der Waals surface area contributed by atoms with Crippen molar-refractivity contribution in [3.05, 3.63) is 52.1 Å². The van der Waals surface area contributed by atoms with Crippen LogP contribution in [-0.4, -0.2) is 53.7 Å². The molecular formula is C16H17N9O3. The van der Waals surface area contributed by atoms with Crippen molar-refractivity contribution in [2.75, 3.05) is 23.3 Å². The second kappa shape index (κ2) is 7.42. The standard InChI is InChI=1S/C16H17N9O3/c26-14(22-11-5-18-16(28)23-15(11)27)10-2-1-3-24(6-10)12-4-13(20-8-19-12)25-9-17-7-21-25/h4-5,7-10H,1-3,6H2,(H,22,26)(H2,18,23,27,28)/t10-/m0/s1. The van der Waals surface area contributed by atoms with Crippen LogP contribution >= 0.6 is 0 Å². The minimum atomic E-state index is -0.641. The zero-order valence-electron chi connectivity index (χ0n) is 14.7. The Bertz CT molecular complexity index is 1090. The van der Waals surface area contributed by atoms with Gasteiger partial charge < -0.3 is 15.2 Å². The van der Waals surface area contributed by atoms with Gasteiger partial charge in [-0.05, 0) is 12.8 Å². The molecule has 1 fully saturated rings. The van der Waals surface area contributed by atoms with Gasteiger partial charge in [0.25, 0.3) is 5.56 Å². The number of anilines is 2. The number of carbonyl (C=O) groups excluding carboxylic acids is 1. The van der Waals surface area contributed by atoms with E-state index in [1.54, 1.807) is 12.4 Å². The van der Waals surface area contributed by atoms with E-state index in [0.29, 0.717) is 24.6 Å². The van der Waals surface area contributed by atoms with E-state index in [1.165, 1.54) is 23.5 Å². The monoisotopic (exact) mass is 383 g/mol. The topological polar surface area (TPSA) is 155 Å². The highest BCUT2D eigenvalue weighted by Gasteiger charge is 2.27. The summed E-state index contributed by atoms with van der Waals surface area (Å²) < 4.78 is 1.53. The number of H-pyrrole nitrogens is 2. The number of hydrogen-bond donors (Lipinski definition) is 3. The van der Waals surface area contributed by atoms with Gasteiger partial charge in [0.05, 0.1) is 5.92 Å². The Morgan fingerprint density at radius 1 is 1.21 bits per heavy atom. The van der Waals surface area contributed by atoms with E-state index in [4.69, 9.17) is 0 Å². The molecule has 3 aromatic rings. The van der Waals surface area contributed by atoms with Gasteiger partial charge in [0.2, 0.25) is 5.91 Å². The first kappa shape index (κ1) is 17.6. The quantitative estimate of drug-likeness (QED) is 0.534. The molecule has 0 saturated carbocycles. The van der Waals surface area contributed by atoms with Gasteiger partial charge in [0.15, 0.2) is 5.82 Å². The van der Waals surface area contributed by atoms with Gasteiger partial charge in [-0.1, -0.05) is 0 Å². The molecule has 3 aromatic heterocycles. The Hall–Kier alpha value is -3.83. The first-order chi connectivity index (χ1) is 13.6. The predicted molar refractivity (Wildman–Crippen MR) is 98.2 cm³/mol. The van der Waals surface area contributed by atoms with E-state index < -0.39 is 11.2 Å². The van der Waals surface area contributed by atoms with Crippen LogP contribution in [0.4, 0.5) is 11.5 Å². The van der Waals surface area contributed by atoms with Crippen molar-refractivity contribution < 1.29 is 4.79 Å². The maximum atomic E-state index is 12.6. The van der Waals surface area contributed by atoms with Crippen LogP contribution in [0.5, 0.6) is 0 Å². The molecule has 144 valence electrons. The van der Waals surface area contributed by atoms with E-state index in [-0.39, 0.29) is 17.5 Å². The van der Waals surface area contributed by atoms with E-state index in [9.17, 15) is 14.4 Å². The fraction of sp³-hybridized carbons (Fsp3) is 0.312. The van der Waals surface area contributed by atoms with Crippen molar-refractivity contribution in [3.63, 3.8) is 0 Å². The van der Waals surface area contributed by atoms with Crippen molar-refractivity contribution in [1.82, 2.24) is 34.7 Å². The van der Waals surface area contributed by atoms with E-state index in [0.717, 1.165) is 13.0 Å². The summed E-state index contributed by atoms with van der Waals surface area (Å²) in [5.41, 5.74) is -1.26. The summed E-state index contributed by atoms with van der Waals surface area (Å²) in [7, 11) is 0. The first-order valence-electron chi connectivity index (χ1n) is 8.65. The molecular weight excluding hydrogens is 366 g/mol. The fourth-order valence-corrected chi connectivity index (χ4v) is 3.10. The maximum absolute atomic E-state index is 12.6. The van der Waals surface area contributed by atoms with E-state index in [1.807, 2.05) is 4.90 Å². The van der Waals surface area contributed by atoms with Gasteiger partial charge in [0, 0.05) is 25.4 Å². The van der Waals surface area contributed by atoms with Gasteiger partial charge in [-0.3, -0.25) is 14.6 Å². The molecule has 28 heavy (non-hydrogen) atoms. The van der Waals surface area contributed by atoms with Crippen LogP contribution in [-0.2, 0) is 4.79 Å². The van der Waals surface area contributed by atoms with Gasteiger partial charge in [-0.2, -0.15) is 5.10 Å². The lowest BCUT2D eigenvalue weighted by molar-refractivity contribution is -0.120. The summed E-state index contributed by atoms with van der Waals surface area (Å²) in [6.07, 6.45) is 7.07. The molecule has 1 saturated heterocycles. The van der Waals surface area contributed by atoms with Crippen LogP contribution < -0.4 is 21.5 Å². The van der Waals surface area contributed by atoms with Crippen LogP contribution in [0, 0.1) is 5.92 Å². The lowest BCUT2D eigenvalue weighted by Crippen LogP contribution is -2.42. The third kappa shape index (κ3) is 3.65. The molecule has 12 nitrogen and oxygen atoms in total. The minimum absolute atomic E-state index is 0.0113. The van der Waals surface area contributed by atoms with Crippen molar-refractivity contribution in [1.29, 1.82) is 0 Å². The molecule has 4 heterocycles. The largest absolute Gasteiger partial charge is 0.356 e. The number of nitrogens with zero attached hydrogens (tertiary/aromatic N) is 6. The lowest BCUT2D eigenvalue weighted by Gasteiger charge is -2.32. The number of aromatic nitrogens is 7. The summed E-state index contributed by atoms with van der Waals surface area (Å²) in [6.45, 7) is 1.19. The van der Waals surface area contributed by atoms with Crippen LogP contribution in [0.3, 0.4) is 0 Å². The molecule has 12 heteroatoms. The van der Waals surface area contributed by atoms with Gasteiger partial charge in [0.1, 0.15) is 30.5 Å². The Morgan fingerprint density at radius 3 is 2.86 bits per heavy atom. The van der Waals surface area contributed by atoms with Crippen LogP contribution in [0.1, 0.15) is 12.8 Å². The number of amides is 1. The molecule has 0 spiro atoms. The molecule has 1 aliphatic rings. The van der Waals surface area contributed by atoms with Crippen molar-refractivity contribution in [2.24, 2.45) is 5.92 Å². The average Bonchev–Trinajstić information content (AvgIpc) is 3.25. The maximum Gasteiger partial charge on any atom is 0.325 e. The van der Waals surface area contributed by atoms with Crippen molar-refractivity contribution >= 4 is 17.4 Å². The molecule has 0 radical (unpaired) electrons. The predicted octanol–water partition coefficient (Wildman–Crippen LogP) is -0.711. The molecule has 0 unspecified atom stereocenters. The Kier molecular flexibility index (Phi) is 4.66. The van der Waals surface area contributed by atoms with Gasteiger partial charge >= 0.3 is 5.69 Å². The average molecular weight is 383 g/mol. The highest BCUT2D eigenvalue weighted by atomic mass is 16.2. The summed E-state index contributed by atoms with van der Waals surface area (Å²) >= 11 is 0. The molecule has 4 rings (SSSR count). The molecule has 1 atom stereocenters. The Balaban J connectivity index is 1.48. The molecule has 0 aromatic carbocycles. The summed E-state index contributed by atoms with van der Waals surface area (Å²) in [6, 6.07) is 1.78. The number of piperidine rings is 1. The zero-order chi connectivity index (χ0) is 19.5. The van der Waals surface area contributed by atoms with Crippen LogP contribution in [0.25, 0.3) is 5.82 Å². The molecule has 1 aliphatic heterocycles. The summed E-state index contributed by atoms with van der Waals surface area (Å²) in [4.78, 5) is 54.2. The van der Waals surface area contributed by atoms with E-state index in [2.05, 4.69) is 35.3 Å². The van der Waals surface area contributed by atoms with Gasteiger partial charge in [-0.25, -0.2) is 24.4 Å². The first-order valence-corrected chi connectivity index (χ1v) is 8.65. The molecule has 1 amide bonds. The van der Waals surface area contributed by atoms with Crippen molar-refractivity contribution in [3.8, 4) is 5.82 Å². The summed E-state index contributed by atoms with van der Waals surface area (Å²) in [5, 5.41) is 6.63. The third-order valence-corrected chi connectivity index (χ3v) is 4.49.